The van der Waals surface area contributed by atoms with Crippen molar-refractivity contribution in [3.8, 4) is 5.75 Å². The zero-order valence-corrected chi connectivity index (χ0v) is 15.5. The van der Waals surface area contributed by atoms with E-state index in [0.717, 1.165) is 18.2 Å². The van der Waals surface area contributed by atoms with E-state index < -0.39 is 33.0 Å². The fourth-order valence-corrected chi connectivity index (χ4v) is 2.22. The second-order valence-electron chi connectivity index (χ2n) is 5.34. The molecule has 2 rings (SSSR count). The van der Waals surface area contributed by atoms with Crippen LogP contribution in [0.2, 0.25) is 0 Å². The monoisotopic (exact) mass is 419 g/mol. The Morgan fingerprint density at radius 2 is 1.45 bits per heavy atom. The van der Waals surface area contributed by atoms with E-state index in [1.54, 1.807) is 12.1 Å². The Morgan fingerprint density at radius 1 is 0.897 bits per heavy atom. The zero-order valence-electron chi connectivity index (χ0n) is 14.7. The van der Waals surface area contributed by atoms with E-state index in [0.29, 0.717) is 5.75 Å². The average molecular weight is 419 g/mol. The first-order valence-electron chi connectivity index (χ1n) is 7.71. The van der Waals surface area contributed by atoms with Crippen molar-refractivity contribution < 1.29 is 24.2 Å². The molecule has 0 aliphatic rings. The van der Waals surface area contributed by atoms with E-state index in [-0.39, 0.29) is 16.2 Å². The van der Waals surface area contributed by atoms with Crippen LogP contribution in [0, 0.1) is 20.2 Å². The summed E-state index contributed by atoms with van der Waals surface area (Å²) in [5.41, 5.74) is 3.21. The Hall–Kier alpha value is -4.13. The second kappa shape index (κ2) is 9.18. The molecule has 0 saturated heterocycles. The Bertz CT molecular complexity index is 961. The molecule has 0 aromatic heterocycles. The number of non-ortho nitro benzene ring substituents is 2. The molecule has 0 radical (unpaired) electrons. The van der Waals surface area contributed by atoms with Gasteiger partial charge in [0.25, 0.3) is 23.2 Å². The van der Waals surface area contributed by atoms with E-state index in [4.69, 9.17) is 17.0 Å². The first-order chi connectivity index (χ1) is 13.7. The third-order valence-corrected chi connectivity index (χ3v) is 3.66. The number of methoxy groups -OCH3 is 1. The van der Waals surface area contributed by atoms with Gasteiger partial charge < -0.3 is 4.74 Å². The van der Waals surface area contributed by atoms with Crippen molar-refractivity contribution >= 4 is 40.5 Å². The fourth-order valence-electron chi connectivity index (χ4n) is 2.07. The number of carbonyl (C=O) groups is 2. The Labute approximate surface area is 168 Å². The first-order valence-corrected chi connectivity index (χ1v) is 8.11. The molecule has 13 heteroatoms. The van der Waals surface area contributed by atoms with Gasteiger partial charge in [0.15, 0.2) is 5.11 Å². The minimum Gasteiger partial charge on any atom is -0.497 e. The number of hydrazine groups is 1. The van der Waals surface area contributed by atoms with E-state index in [1.165, 1.54) is 19.2 Å². The number of nitrogens with one attached hydrogen (secondary N) is 3. The van der Waals surface area contributed by atoms with Crippen molar-refractivity contribution in [1.82, 2.24) is 16.2 Å². The third kappa shape index (κ3) is 5.67. The molecule has 12 nitrogen and oxygen atoms in total. The summed E-state index contributed by atoms with van der Waals surface area (Å²) in [6.45, 7) is 0. The minimum absolute atomic E-state index is 0.279. The second-order valence-corrected chi connectivity index (χ2v) is 5.75. The van der Waals surface area contributed by atoms with Crippen molar-refractivity contribution in [1.29, 1.82) is 0 Å². The lowest BCUT2D eigenvalue weighted by Crippen LogP contribution is -2.48. The van der Waals surface area contributed by atoms with Crippen LogP contribution in [0.4, 0.5) is 11.4 Å². The molecule has 150 valence electrons. The molecular weight excluding hydrogens is 406 g/mol. The molecule has 2 aromatic rings. The number of amides is 2. The number of thiocarbonyl (C=S) groups is 1. The number of rotatable bonds is 5. The van der Waals surface area contributed by atoms with Crippen LogP contribution in [0.5, 0.6) is 5.75 Å². The highest BCUT2D eigenvalue weighted by atomic mass is 32.1. The number of ether oxygens (including phenoxy) is 1. The smallest absolute Gasteiger partial charge is 0.277 e. The summed E-state index contributed by atoms with van der Waals surface area (Å²) in [6.07, 6.45) is 0. The summed E-state index contributed by atoms with van der Waals surface area (Å²) in [5.74, 6) is -0.938. The molecule has 3 N–H and O–H groups in total. The number of hydrogen-bond acceptors (Lipinski definition) is 8. The maximum atomic E-state index is 12.2. The normalized spacial score (nSPS) is 9.83. The molecule has 2 aromatic carbocycles. The summed E-state index contributed by atoms with van der Waals surface area (Å²) in [5, 5.41) is 23.6. The quantitative estimate of drug-likeness (QED) is 0.369. The molecular formula is C16H13N5O7S. The lowest BCUT2D eigenvalue weighted by atomic mass is 10.1. The number of nitrogens with zero attached hydrogens (tertiary/aromatic N) is 2. The SMILES string of the molecule is COc1ccc(C(=O)NNC(=S)NC(=O)c2cc([N+](=O)[O-])cc([N+](=O)[O-])c2)cc1. The molecule has 0 saturated carbocycles. The van der Waals surface area contributed by atoms with Crippen molar-refractivity contribution in [3.05, 3.63) is 73.8 Å². The number of nitro groups is 2. The predicted molar refractivity (Wildman–Crippen MR) is 103 cm³/mol. The van der Waals surface area contributed by atoms with Gasteiger partial charge in [-0.2, -0.15) is 0 Å². The van der Waals surface area contributed by atoms with Crippen LogP contribution < -0.4 is 20.9 Å². The summed E-state index contributed by atoms with van der Waals surface area (Å²) in [7, 11) is 1.48. The van der Waals surface area contributed by atoms with Crippen molar-refractivity contribution in [3.63, 3.8) is 0 Å². The van der Waals surface area contributed by atoms with Gasteiger partial charge in [-0.15, -0.1) is 0 Å². The molecule has 0 spiro atoms. The van der Waals surface area contributed by atoms with E-state index >= 15 is 0 Å². The van der Waals surface area contributed by atoms with Gasteiger partial charge in [0.2, 0.25) is 0 Å². The third-order valence-electron chi connectivity index (χ3n) is 3.46. The Balaban J connectivity index is 2.01. The maximum absolute atomic E-state index is 12.2. The maximum Gasteiger partial charge on any atom is 0.277 e. The summed E-state index contributed by atoms with van der Waals surface area (Å²) in [4.78, 5) is 44.2. The summed E-state index contributed by atoms with van der Waals surface area (Å²) >= 11 is 4.86. The largest absolute Gasteiger partial charge is 0.497 e. The zero-order chi connectivity index (χ0) is 21.6. The topological polar surface area (TPSA) is 166 Å². The molecule has 0 aliphatic carbocycles. The highest BCUT2D eigenvalue weighted by Crippen LogP contribution is 2.22. The van der Waals surface area contributed by atoms with Crippen LogP contribution in [0.15, 0.2) is 42.5 Å². The van der Waals surface area contributed by atoms with Crippen LogP contribution in [0.3, 0.4) is 0 Å². The van der Waals surface area contributed by atoms with Gasteiger partial charge in [0.1, 0.15) is 5.75 Å². The Kier molecular flexibility index (Phi) is 6.71. The molecule has 2 amide bonds. The lowest BCUT2D eigenvalue weighted by Gasteiger charge is -2.11. The molecule has 0 bridgehead atoms. The van der Waals surface area contributed by atoms with E-state index in [1.807, 2.05) is 0 Å². The highest BCUT2D eigenvalue weighted by Gasteiger charge is 2.20. The van der Waals surface area contributed by atoms with E-state index in [2.05, 4.69) is 16.2 Å². The van der Waals surface area contributed by atoms with Crippen LogP contribution in [0.25, 0.3) is 0 Å². The van der Waals surface area contributed by atoms with Gasteiger partial charge >= 0.3 is 0 Å². The van der Waals surface area contributed by atoms with Gasteiger partial charge in [-0.25, -0.2) is 0 Å². The molecule has 29 heavy (non-hydrogen) atoms. The van der Waals surface area contributed by atoms with Crippen molar-refractivity contribution in [2.75, 3.05) is 7.11 Å². The predicted octanol–water partition coefficient (Wildman–Crippen LogP) is 1.46. The van der Waals surface area contributed by atoms with Crippen LogP contribution in [0.1, 0.15) is 20.7 Å². The molecule has 0 unspecified atom stereocenters. The minimum atomic E-state index is -0.937. The van der Waals surface area contributed by atoms with Gasteiger partial charge in [0.05, 0.1) is 28.6 Å². The number of hydrogen-bond donors (Lipinski definition) is 3. The molecule has 0 atom stereocenters. The molecule has 0 heterocycles. The van der Waals surface area contributed by atoms with Crippen molar-refractivity contribution in [2.45, 2.75) is 0 Å². The van der Waals surface area contributed by atoms with Gasteiger partial charge in [0, 0.05) is 17.7 Å². The molecule has 0 fully saturated rings. The number of carbonyl (C=O) groups excluding carboxylic acids is 2. The number of nitro benzene ring substituents is 2. The van der Waals surface area contributed by atoms with Crippen LogP contribution >= 0.6 is 12.2 Å². The standard InChI is InChI=1S/C16H13N5O7S/c1-28-13-4-2-9(3-5-13)15(23)18-19-16(29)17-14(22)10-6-11(20(24)25)8-12(7-10)21(26)27/h2-8H,1H3,(H,18,23)(H2,17,19,22,29). The molecule has 0 aliphatic heterocycles. The van der Waals surface area contributed by atoms with Crippen molar-refractivity contribution in [2.24, 2.45) is 0 Å². The van der Waals surface area contributed by atoms with Crippen LogP contribution in [-0.4, -0.2) is 33.9 Å². The fraction of sp³-hybridized carbons (Fsp3) is 0.0625. The van der Waals surface area contributed by atoms with Gasteiger partial charge in [-0.05, 0) is 36.5 Å². The van der Waals surface area contributed by atoms with Gasteiger partial charge in [-0.3, -0.25) is 46.0 Å². The average Bonchev–Trinajstić information content (AvgIpc) is 2.71. The Morgan fingerprint density at radius 3 is 1.93 bits per heavy atom. The summed E-state index contributed by atoms with van der Waals surface area (Å²) < 4.78 is 4.98. The number of benzene rings is 2. The summed E-state index contributed by atoms with van der Waals surface area (Å²) in [6, 6.07) is 8.60. The van der Waals surface area contributed by atoms with Crippen LogP contribution in [-0.2, 0) is 0 Å². The van der Waals surface area contributed by atoms with E-state index in [9.17, 15) is 29.8 Å². The first kappa shape index (κ1) is 21.2. The lowest BCUT2D eigenvalue weighted by molar-refractivity contribution is -0.394. The highest BCUT2D eigenvalue weighted by molar-refractivity contribution is 7.80. The van der Waals surface area contributed by atoms with Gasteiger partial charge in [-0.1, -0.05) is 0 Å².